The lowest BCUT2D eigenvalue weighted by Crippen LogP contribution is -2.34. The fourth-order valence-electron chi connectivity index (χ4n) is 1.26. The quantitative estimate of drug-likeness (QED) is 0.873. The summed E-state index contributed by atoms with van der Waals surface area (Å²) in [4.78, 5) is 11.6. The molecule has 0 aromatic heterocycles. The minimum Gasteiger partial charge on any atom is -0.322 e. The van der Waals surface area contributed by atoms with E-state index in [0.29, 0.717) is 0 Å². The molecule has 2 N–H and O–H groups in total. The van der Waals surface area contributed by atoms with Gasteiger partial charge in [0.25, 0.3) is 0 Å². The molecule has 6 heteroatoms. The number of amides is 1. The lowest BCUT2D eigenvalue weighted by atomic mass is 10.2. The summed E-state index contributed by atoms with van der Waals surface area (Å²) in [5.74, 6) is -0.813. The van der Waals surface area contributed by atoms with Gasteiger partial charge >= 0.3 is 0 Å². The SMILES string of the molecule is CCC(C)NCC(=O)Nc1c(Cl)cc(F)cc1Cl. The molecule has 0 aliphatic heterocycles. The van der Waals surface area contributed by atoms with E-state index in [1.165, 1.54) is 0 Å². The van der Waals surface area contributed by atoms with Crippen molar-refractivity contribution < 1.29 is 9.18 Å². The highest BCUT2D eigenvalue weighted by molar-refractivity contribution is 6.39. The highest BCUT2D eigenvalue weighted by Gasteiger charge is 2.12. The first-order valence-electron chi connectivity index (χ1n) is 5.61. The zero-order chi connectivity index (χ0) is 13.7. The molecule has 3 nitrogen and oxygen atoms in total. The van der Waals surface area contributed by atoms with Gasteiger partial charge in [-0.2, -0.15) is 0 Å². The van der Waals surface area contributed by atoms with E-state index in [2.05, 4.69) is 10.6 Å². The van der Waals surface area contributed by atoms with Crippen LogP contribution in [0.5, 0.6) is 0 Å². The smallest absolute Gasteiger partial charge is 0.238 e. The van der Waals surface area contributed by atoms with Crippen molar-refractivity contribution in [2.45, 2.75) is 26.3 Å². The number of benzene rings is 1. The molecule has 1 aromatic rings. The van der Waals surface area contributed by atoms with Gasteiger partial charge in [0, 0.05) is 6.04 Å². The molecule has 18 heavy (non-hydrogen) atoms. The van der Waals surface area contributed by atoms with Crippen LogP contribution in [0.1, 0.15) is 20.3 Å². The predicted octanol–water partition coefficient (Wildman–Crippen LogP) is 3.46. The summed E-state index contributed by atoms with van der Waals surface area (Å²) < 4.78 is 13.0. The zero-order valence-corrected chi connectivity index (χ0v) is 11.7. The average molecular weight is 293 g/mol. The molecule has 0 saturated carbocycles. The van der Waals surface area contributed by atoms with Gasteiger partial charge in [0.1, 0.15) is 5.82 Å². The predicted molar refractivity (Wildman–Crippen MR) is 72.8 cm³/mol. The van der Waals surface area contributed by atoms with Crippen LogP contribution < -0.4 is 10.6 Å². The van der Waals surface area contributed by atoms with Gasteiger partial charge < -0.3 is 10.6 Å². The number of hydrogen-bond donors (Lipinski definition) is 2. The molecule has 1 amide bonds. The van der Waals surface area contributed by atoms with Gasteiger partial charge in [-0.15, -0.1) is 0 Å². The van der Waals surface area contributed by atoms with Crippen molar-refractivity contribution in [1.29, 1.82) is 0 Å². The second kappa shape index (κ2) is 6.92. The number of carbonyl (C=O) groups excluding carboxylic acids is 1. The summed E-state index contributed by atoms with van der Waals surface area (Å²) in [7, 11) is 0. The summed E-state index contributed by atoms with van der Waals surface area (Å²) >= 11 is 11.6. The maximum absolute atomic E-state index is 13.0. The van der Waals surface area contributed by atoms with Gasteiger partial charge in [-0.05, 0) is 25.5 Å². The summed E-state index contributed by atoms with van der Waals surface area (Å²) in [6.45, 7) is 4.15. The minimum absolute atomic E-state index is 0.0805. The van der Waals surface area contributed by atoms with E-state index < -0.39 is 5.82 Å². The third-order valence-electron chi connectivity index (χ3n) is 2.49. The van der Waals surface area contributed by atoms with Crippen molar-refractivity contribution in [1.82, 2.24) is 5.32 Å². The Morgan fingerprint density at radius 1 is 1.39 bits per heavy atom. The lowest BCUT2D eigenvalue weighted by molar-refractivity contribution is -0.115. The number of nitrogens with one attached hydrogen (secondary N) is 2. The van der Waals surface area contributed by atoms with Crippen LogP contribution in [-0.2, 0) is 4.79 Å². The first kappa shape index (κ1) is 15.2. The molecule has 0 aliphatic rings. The van der Waals surface area contributed by atoms with E-state index in [1.54, 1.807) is 0 Å². The van der Waals surface area contributed by atoms with Gasteiger partial charge in [-0.3, -0.25) is 4.79 Å². The van der Waals surface area contributed by atoms with Crippen LogP contribution in [0.3, 0.4) is 0 Å². The topological polar surface area (TPSA) is 41.1 Å². The number of carbonyl (C=O) groups is 1. The van der Waals surface area contributed by atoms with Crippen molar-refractivity contribution in [3.8, 4) is 0 Å². The molecule has 0 saturated heterocycles. The zero-order valence-electron chi connectivity index (χ0n) is 10.2. The average Bonchev–Trinajstić information content (AvgIpc) is 2.30. The molecular weight excluding hydrogens is 278 g/mol. The summed E-state index contributed by atoms with van der Waals surface area (Å²) in [5.41, 5.74) is 0.232. The molecule has 0 aliphatic carbocycles. The molecule has 1 aromatic carbocycles. The van der Waals surface area contributed by atoms with Gasteiger partial charge in [-0.1, -0.05) is 30.1 Å². The highest BCUT2D eigenvalue weighted by atomic mass is 35.5. The summed E-state index contributed by atoms with van der Waals surface area (Å²) in [6.07, 6.45) is 0.922. The fourth-order valence-corrected chi connectivity index (χ4v) is 1.81. The second-order valence-corrected chi connectivity index (χ2v) is 4.80. The largest absolute Gasteiger partial charge is 0.322 e. The summed E-state index contributed by atoms with van der Waals surface area (Å²) in [5, 5.41) is 5.74. The van der Waals surface area contributed by atoms with Crippen LogP contribution in [0, 0.1) is 5.82 Å². The van der Waals surface area contributed by atoms with E-state index in [0.717, 1.165) is 18.6 Å². The Morgan fingerprint density at radius 2 is 1.94 bits per heavy atom. The van der Waals surface area contributed by atoms with Gasteiger partial charge in [0.05, 0.1) is 22.3 Å². The molecular formula is C12H15Cl2FN2O. The van der Waals surface area contributed by atoms with Gasteiger partial charge in [-0.25, -0.2) is 4.39 Å². The van der Waals surface area contributed by atoms with E-state index in [4.69, 9.17) is 23.2 Å². The van der Waals surface area contributed by atoms with Crippen molar-refractivity contribution in [2.24, 2.45) is 0 Å². The van der Waals surface area contributed by atoms with E-state index in [1.807, 2.05) is 13.8 Å². The molecule has 0 fully saturated rings. The van der Waals surface area contributed by atoms with Gasteiger partial charge in [0.2, 0.25) is 5.91 Å². The molecule has 0 radical (unpaired) electrons. The van der Waals surface area contributed by atoms with Crippen LogP contribution in [0.25, 0.3) is 0 Å². The van der Waals surface area contributed by atoms with Crippen molar-refractivity contribution in [2.75, 3.05) is 11.9 Å². The number of hydrogen-bond acceptors (Lipinski definition) is 2. The van der Waals surface area contributed by atoms with E-state index in [9.17, 15) is 9.18 Å². The number of anilines is 1. The number of halogens is 3. The van der Waals surface area contributed by atoms with Crippen LogP contribution in [0.4, 0.5) is 10.1 Å². The molecule has 0 bridgehead atoms. The van der Waals surface area contributed by atoms with Crippen molar-refractivity contribution >= 4 is 34.8 Å². The Labute approximate surface area is 116 Å². The summed E-state index contributed by atoms with van der Waals surface area (Å²) in [6, 6.07) is 2.45. The fraction of sp³-hybridized carbons (Fsp3) is 0.417. The Morgan fingerprint density at radius 3 is 2.44 bits per heavy atom. The number of rotatable bonds is 5. The molecule has 1 unspecified atom stereocenters. The second-order valence-electron chi connectivity index (χ2n) is 3.98. The van der Waals surface area contributed by atoms with Crippen LogP contribution in [0.15, 0.2) is 12.1 Å². The molecule has 0 spiro atoms. The first-order chi connectivity index (χ1) is 8.43. The van der Waals surface area contributed by atoms with Gasteiger partial charge in [0.15, 0.2) is 0 Å². The van der Waals surface area contributed by atoms with Crippen LogP contribution in [-0.4, -0.2) is 18.5 Å². The van der Waals surface area contributed by atoms with Crippen LogP contribution in [0.2, 0.25) is 10.0 Å². The third kappa shape index (κ3) is 4.44. The van der Waals surface area contributed by atoms with Crippen molar-refractivity contribution in [3.63, 3.8) is 0 Å². The molecule has 100 valence electrons. The molecule has 0 heterocycles. The maximum Gasteiger partial charge on any atom is 0.238 e. The van der Waals surface area contributed by atoms with Crippen molar-refractivity contribution in [3.05, 3.63) is 28.0 Å². The molecule has 1 atom stereocenters. The first-order valence-corrected chi connectivity index (χ1v) is 6.37. The standard InChI is InChI=1S/C12H15Cl2FN2O/c1-3-7(2)16-6-11(18)17-12-9(13)4-8(15)5-10(12)14/h4-5,7,16H,3,6H2,1-2H3,(H,17,18). The van der Waals surface area contributed by atoms with E-state index >= 15 is 0 Å². The molecule has 1 rings (SSSR count). The highest BCUT2D eigenvalue weighted by Crippen LogP contribution is 2.31. The monoisotopic (exact) mass is 292 g/mol. The Bertz CT molecular complexity index is 417. The Kier molecular flexibility index (Phi) is 5.85. The van der Waals surface area contributed by atoms with E-state index in [-0.39, 0.29) is 34.2 Å². The minimum atomic E-state index is -0.541. The third-order valence-corrected chi connectivity index (χ3v) is 3.09. The Balaban J connectivity index is 2.65. The van der Waals surface area contributed by atoms with Crippen LogP contribution >= 0.6 is 23.2 Å². The lowest BCUT2D eigenvalue weighted by Gasteiger charge is -2.13. The Hall–Kier alpha value is -0.840. The normalized spacial score (nSPS) is 12.3. The maximum atomic E-state index is 13.0.